The van der Waals surface area contributed by atoms with Crippen molar-refractivity contribution in [2.75, 3.05) is 20.3 Å². The molecule has 6 heteroatoms. The number of fused-ring (bicyclic) bond motifs is 1. The minimum atomic E-state index is 0.506. The average Bonchev–Trinajstić information content (AvgIpc) is 2.88. The molecular weight excluding hydrogens is 470 g/mol. The number of aryl methyl sites for hydroxylation is 2. The maximum atomic E-state index is 6.72. The molecule has 1 aliphatic rings. The molecule has 3 heterocycles. The average molecular weight is 502 g/mol. The summed E-state index contributed by atoms with van der Waals surface area (Å²) < 4.78 is 11.8. The third-order valence-corrected chi connectivity index (χ3v) is 7.13. The van der Waals surface area contributed by atoms with Crippen LogP contribution in [0.3, 0.4) is 0 Å². The second-order valence-electron chi connectivity index (χ2n) is 9.60. The van der Waals surface area contributed by atoms with E-state index >= 15 is 0 Å². The molecule has 0 aliphatic carbocycles. The summed E-state index contributed by atoms with van der Waals surface area (Å²) in [6, 6.07) is 14.9. The number of nitrogens with one attached hydrogen (secondary N) is 1. The van der Waals surface area contributed by atoms with Crippen LogP contribution in [-0.2, 0) is 0 Å². The Hall–Kier alpha value is -3.15. The molecular formula is C30H32ClN3O2. The Bertz CT molecular complexity index is 1340. The Kier molecular flexibility index (Phi) is 7.40. The Balaban J connectivity index is 1.60. The van der Waals surface area contributed by atoms with E-state index in [1.54, 1.807) is 13.3 Å². The third kappa shape index (κ3) is 5.32. The first-order chi connectivity index (χ1) is 17.5. The highest BCUT2D eigenvalue weighted by Crippen LogP contribution is 2.41. The number of rotatable bonds is 7. The van der Waals surface area contributed by atoms with E-state index in [0.29, 0.717) is 23.6 Å². The smallest absolute Gasteiger partial charge is 0.212 e. The highest BCUT2D eigenvalue weighted by Gasteiger charge is 2.18. The largest absolute Gasteiger partial charge is 0.492 e. The zero-order chi connectivity index (χ0) is 25.1. The lowest BCUT2D eigenvalue weighted by atomic mass is 9.98. The molecule has 0 amide bonds. The maximum Gasteiger partial charge on any atom is 0.212 e. The molecule has 4 aromatic rings. The first-order valence-corrected chi connectivity index (χ1v) is 13.0. The predicted molar refractivity (Wildman–Crippen MR) is 147 cm³/mol. The SMILES string of the molecule is COc1ccc(-c2cc3c(OCCC4CCCCN4)c(-c4cc(C)cc(C)c4)cnc3cc2Cl)cn1. The van der Waals surface area contributed by atoms with Gasteiger partial charge < -0.3 is 14.8 Å². The quantitative estimate of drug-likeness (QED) is 0.291. The van der Waals surface area contributed by atoms with Gasteiger partial charge in [0.2, 0.25) is 5.88 Å². The minimum absolute atomic E-state index is 0.506. The van der Waals surface area contributed by atoms with Crippen molar-refractivity contribution in [3.8, 4) is 33.9 Å². The van der Waals surface area contributed by atoms with Gasteiger partial charge in [-0.15, -0.1) is 0 Å². The summed E-state index contributed by atoms with van der Waals surface area (Å²) in [4.78, 5) is 9.15. The standard InChI is InChI=1S/C30H32ClN3O2/c1-19-12-20(2)14-22(13-19)26-18-33-28-16-27(31)24(21-7-8-29(35-3)34-17-21)15-25(28)30(26)36-11-9-23-6-4-5-10-32-23/h7-8,12-18,23,32H,4-6,9-11H2,1-3H3. The summed E-state index contributed by atoms with van der Waals surface area (Å²) in [5.41, 5.74) is 7.13. The zero-order valence-electron chi connectivity index (χ0n) is 21.1. The lowest BCUT2D eigenvalue weighted by Crippen LogP contribution is -2.35. The number of nitrogens with zero attached hydrogens (tertiary/aromatic N) is 2. The van der Waals surface area contributed by atoms with E-state index in [2.05, 4.69) is 48.4 Å². The van der Waals surface area contributed by atoms with Crippen LogP contribution in [0.15, 0.2) is 54.9 Å². The Morgan fingerprint density at radius 2 is 1.78 bits per heavy atom. The molecule has 1 atom stereocenters. The number of hydrogen-bond acceptors (Lipinski definition) is 5. The Morgan fingerprint density at radius 3 is 2.47 bits per heavy atom. The van der Waals surface area contributed by atoms with Crippen molar-refractivity contribution in [2.24, 2.45) is 0 Å². The predicted octanol–water partition coefficient (Wildman–Crippen LogP) is 7.15. The molecule has 1 unspecified atom stereocenters. The number of hydrogen-bond donors (Lipinski definition) is 1. The molecule has 186 valence electrons. The van der Waals surface area contributed by atoms with Crippen molar-refractivity contribution in [1.29, 1.82) is 0 Å². The van der Waals surface area contributed by atoms with Crippen LogP contribution in [0.2, 0.25) is 5.02 Å². The molecule has 0 radical (unpaired) electrons. The van der Waals surface area contributed by atoms with Crippen LogP contribution in [-0.4, -0.2) is 36.3 Å². The van der Waals surface area contributed by atoms with Crippen molar-refractivity contribution in [2.45, 2.75) is 45.6 Å². The number of benzene rings is 2. The van der Waals surface area contributed by atoms with Crippen molar-refractivity contribution < 1.29 is 9.47 Å². The number of aromatic nitrogens is 2. The lowest BCUT2D eigenvalue weighted by Gasteiger charge is -2.24. The summed E-state index contributed by atoms with van der Waals surface area (Å²) in [6.45, 7) is 5.97. The van der Waals surface area contributed by atoms with Gasteiger partial charge in [-0.3, -0.25) is 4.98 Å². The van der Waals surface area contributed by atoms with Gasteiger partial charge >= 0.3 is 0 Å². The van der Waals surface area contributed by atoms with Crippen molar-refractivity contribution in [1.82, 2.24) is 15.3 Å². The van der Waals surface area contributed by atoms with Crippen molar-refractivity contribution >= 4 is 22.5 Å². The van der Waals surface area contributed by atoms with E-state index in [9.17, 15) is 0 Å². The van der Waals surface area contributed by atoms with Crippen LogP contribution in [0.4, 0.5) is 0 Å². The molecule has 0 spiro atoms. The van der Waals surface area contributed by atoms with E-state index in [1.807, 2.05) is 24.4 Å². The van der Waals surface area contributed by atoms with Crippen LogP contribution >= 0.6 is 11.6 Å². The molecule has 2 aromatic carbocycles. The van der Waals surface area contributed by atoms with Crippen molar-refractivity contribution in [3.63, 3.8) is 0 Å². The fourth-order valence-electron chi connectivity index (χ4n) is 5.04. The first-order valence-electron chi connectivity index (χ1n) is 12.6. The van der Waals surface area contributed by atoms with Gasteiger partial charge in [-0.25, -0.2) is 4.98 Å². The molecule has 1 N–H and O–H groups in total. The van der Waals surface area contributed by atoms with Crippen LogP contribution in [0.1, 0.15) is 36.8 Å². The first kappa shape index (κ1) is 24.5. The molecule has 5 rings (SSSR count). The van der Waals surface area contributed by atoms with Gasteiger partial charge in [-0.1, -0.05) is 47.3 Å². The van der Waals surface area contributed by atoms with E-state index in [-0.39, 0.29) is 0 Å². The summed E-state index contributed by atoms with van der Waals surface area (Å²) in [5.74, 6) is 1.41. The molecule has 1 saturated heterocycles. The van der Waals surface area contributed by atoms with E-state index < -0.39 is 0 Å². The summed E-state index contributed by atoms with van der Waals surface area (Å²) in [5, 5.41) is 5.19. The molecule has 2 aromatic heterocycles. The Morgan fingerprint density at radius 1 is 0.944 bits per heavy atom. The van der Waals surface area contributed by atoms with Gasteiger partial charge in [0.1, 0.15) is 5.75 Å². The second kappa shape index (κ2) is 10.9. The van der Waals surface area contributed by atoms with Crippen LogP contribution in [0.25, 0.3) is 33.2 Å². The zero-order valence-corrected chi connectivity index (χ0v) is 21.9. The highest BCUT2D eigenvalue weighted by molar-refractivity contribution is 6.34. The van der Waals surface area contributed by atoms with Crippen LogP contribution in [0, 0.1) is 13.8 Å². The normalized spacial score (nSPS) is 15.7. The molecule has 1 aliphatic heterocycles. The Labute approximate surface area is 217 Å². The lowest BCUT2D eigenvalue weighted by molar-refractivity contribution is 0.271. The van der Waals surface area contributed by atoms with Crippen molar-refractivity contribution in [3.05, 3.63) is 71.0 Å². The van der Waals surface area contributed by atoms with E-state index in [4.69, 9.17) is 26.1 Å². The van der Waals surface area contributed by atoms with Gasteiger partial charge in [0.25, 0.3) is 0 Å². The van der Waals surface area contributed by atoms with E-state index in [0.717, 1.165) is 51.9 Å². The van der Waals surface area contributed by atoms with Gasteiger partial charge in [-0.2, -0.15) is 0 Å². The minimum Gasteiger partial charge on any atom is -0.492 e. The number of halogens is 1. The highest BCUT2D eigenvalue weighted by atomic mass is 35.5. The maximum absolute atomic E-state index is 6.72. The number of ether oxygens (including phenoxy) is 2. The van der Waals surface area contributed by atoms with Crippen LogP contribution in [0.5, 0.6) is 11.6 Å². The molecule has 5 nitrogen and oxygen atoms in total. The molecule has 1 fully saturated rings. The third-order valence-electron chi connectivity index (χ3n) is 6.82. The molecule has 0 bridgehead atoms. The monoisotopic (exact) mass is 501 g/mol. The number of methoxy groups -OCH3 is 1. The van der Waals surface area contributed by atoms with Gasteiger partial charge in [-0.05, 0) is 63.4 Å². The fourth-order valence-corrected chi connectivity index (χ4v) is 5.30. The van der Waals surface area contributed by atoms with Gasteiger partial charge in [0.15, 0.2) is 0 Å². The molecule has 36 heavy (non-hydrogen) atoms. The van der Waals surface area contributed by atoms with Gasteiger partial charge in [0, 0.05) is 46.6 Å². The van der Waals surface area contributed by atoms with E-state index in [1.165, 1.54) is 30.4 Å². The number of piperidine rings is 1. The number of pyridine rings is 2. The van der Waals surface area contributed by atoms with Crippen LogP contribution < -0.4 is 14.8 Å². The summed E-state index contributed by atoms with van der Waals surface area (Å²) in [7, 11) is 1.61. The summed E-state index contributed by atoms with van der Waals surface area (Å²) >= 11 is 6.72. The second-order valence-corrected chi connectivity index (χ2v) is 10.0. The fraction of sp³-hybridized carbons (Fsp3) is 0.333. The topological polar surface area (TPSA) is 56.3 Å². The van der Waals surface area contributed by atoms with Gasteiger partial charge in [0.05, 0.1) is 24.3 Å². The molecule has 0 saturated carbocycles. The summed E-state index contributed by atoms with van der Waals surface area (Å²) in [6.07, 6.45) is 8.40.